The van der Waals surface area contributed by atoms with Gasteiger partial charge in [0.15, 0.2) is 0 Å². The highest BCUT2D eigenvalue weighted by Crippen LogP contribution is 2.38. The molecule has 2 rings (SSSR count). The molecule has 0 fully saturated rings. The van der Waals surface area contributed by atoms with E-state index in [9.17, 15) is 14.5 Å². The van der Waals surface area contributed by atoms with Crippen molar-refractivity contribution in [1.29, 1.82) is 0 Å². The molecule has 138 valence electrons. The van der Waals surface area contributed by atoms with E-state index >= 15 is 0 Å². The largest absolute Gasteiger partial charge is 0.507 e. The Morgan fingerprint density at radius 1 is 1.36 bits per heavy atom. The van der Waals surface area contributed by atoms with E-state index in [1.807, 2.05) is 19.9 Å². The molecule has 1 aromatic carbocycles. The zero-order valence-corrected chi connectivity index (χ0v) is 15.4. The first kappa shape index (κ1) is 19.7. The second kappa shape index (κ2) is 7.70. The van der Waals surface area contributed by atoms with Crippen LogP contribution in [-0.2, 0) is 33.5 Å². The van der Waals surface area contributed by atoms with Crippen molar-refractivity contribution in [3.63, 3.8) is 0 Å². The van der Waals surface area contributed by atoms with Crippen molar-refractivity contribution in [1.82, 2.24) is 0 Å². The van der Waals surface area contributed by atoms with Gasteiger partial charge in [-0.2, -0.15) is 0 Å². The number of phenolic OH excluding ortho intramolecular Hbond substituents is 1. The summed E-state index contributed by atoms with van der Waals surface area (Å²) in [6, 6.07) is 0. The van der Waals surface area contributed by atoms with E-state index in [0.717, 1.165) is 22.3 Å². The molecular formula is C17H23O7P. The normalized spacial score (nSPS) is 14.6. The number of benzene rings is 1. The van der Waals surface area contributed by atoms with Crippen molar-refractivity contribution in [2.45, 2.75) is 40.2 Å². The Morgan fingerprint density at radius 3 is 2.64 bits per heavy atom. The molecule has 1 heterocycles. The van der Waals surface area contributed by atoms with Crippen molar-refractivity contribution in [2.75, 3.05) is 13.0 Å². The Balaban J connectivity index is 2.23. The number of fused-ring (bicyclic) bond motifs is 1. The molecular weight excluding hydrogens is 347 g/mol. The lowest BCUT2D eigenvalue weighted by Crippen LogP contribution is -2.05. The number of phenols is 1. The summed E-state index contributed by atoms with van der Waals surface area (Å²) in [6.07, 6.45) is 2.28. The van der Waals surface area contributed by atoms with E-state index in [4.69, 9.17) is 19.3 Å². The first-order chi connectivity index (χ1) is 11.7. The highest BCUT2D eigenvalue weighted by atomic mass is 31.2. The summed E-state index contributed by atoms with van der Waals surface area (Å²) in [5, 5.41) is 10.5. The van der Waals surface area contributed by atoms with Gasteiger partial charge >= 0.3 is 13.6 Å². The predicted molar refractivity (Wildman–Crippen MR) is 91.7 cm³/mol. The number of cyclic esters (lactones) is 1. The van der Waals surface area contributed by atoms with Gasteiger partial charge < -0.3 is 24.4 Å². The van der Waals surface area contributed by atoms with Crippen LogP contribution < -0.4 is 0 Å². The third-order valence-electron chi connectivity index (χ3n) is 4.24. The van der Waals surface area contributed by atoms with Crippen LogP contribution in [0.15, 0.2) is 11.6 Å². The Hall–Kier alpha value is -1.66. The van der Waals surface area contributed by atoms with Gasteiger partial charge in [0.05, 0.1) is 6.61 Å². The minimum atomic E-state index is -4.18. The van der Waals surface area contributed by atoms with E-state index in [-0.39, 0.29) is 24.5 Å². The summed E-state index contributed by atoms with van der Waals surface area (Å²) < 4.78 is 20.8. The molecule has 0 amide bonds. The minimum Gasteiger partial charge on any atom is -0.507 e. The molecule has 8 heteroatoms. The number of ether oxygens (including phenoxy) is 2. The summed E-state index contributed by atoms with van der Waals surface area (Å²) in [4.78, 5) is 29.4. The minimum absolute atomic E-state index is 0.0415. The van der Waals surface area contributed by atoms with Crippen LogP contribution >= 0.6 is 7.60 Å². The summed E-state index contributed by atoms with van der Waals surface area (Å²) >= 11 is 0. The number of carbonyl (C=O) groups excluding carboxylic acids is 1. The van der Waals surface area contributed by atoms with Gasteiger partial charge in [0.25, 0.3) is 0 Å². The SMILES string of the molecule is CCc1c(C)c2c(c(O)c1CC=C(C)COCP(=O)(O)O)C(=O)OC2. The molecule has 0 aliphatic carbocycles. The van der Waals surface area contributed by atoms with Crippen LogP contribution in [0.4, 0.5) is 0 Å². The topological polar surface area (TPSA) is 113 Å². The predicted octanol–water partition coefficient (Wildman–Crippen LogP) is 2.57. The first-order valence-electron chi connectivity index (χ1n) is 7.96. The van der Waals surface area contributed by atoms with E-state index in [2.05, 4.69) is 0 Å². The maximum absolute atomic E-state index is 11.9. The number of esters is 1. The van der Waals surface area contributed by atoms with Crippen molar-refractivity contribution in [3.8, 4) is 5.75 Å². The molecule has 7 nitrogen and oxygen atoms in total. The van der Waals surface area contributed by atoms with E-state index in [0.29, 0.717) is 18.4 Å². The van der Waals surface area contributed by atoms with Crippen LogP contribution in [-0.4, -0.2) is 33.8 Å². The van der Waals surface area contributed by atoms with E-state index in [1.54, 1.807) is 6.92 Å². The Bertz CT molecular complexity index is 761. The first-order valence-corrected chi connectivity index (χ1v) is 9.76. The van der Waals surface area contributed by atoms with Gasteiger partial charge in [-0.3, -0.25) is 4.57 Å². The van der Waals surface area contributed by atoms with Crippen LogP contribution in [0.2, 0.25) is 0 Å². The third kappa shape index (κ3) is 4.50. The van der Waals surface area contributed by atoms with Crippen LogP contribution in [0.25, 0.3) is 0 Å². The molecule has 0 saturated heterocycles. The van der Waals surface area contributed by atoms with Crippen molar-refractivity contribution >= 4 is 13.6 Å². The molecule has 0 unspecified atom stereocenters. The fourth-order valence-corrected chi connectivity index (χ4v) is 3.33. The molecule has 1 aromatic rings. The maximum Gasteiger partial charge on any atom is 0.350 e. The average molecular weight is 370 g/mol. The third-order valence-corrected chi connectivity index (χ3v) is 4.76. The van der Waals surface area contributed by atoms with Crippen LogP contribution in [0.3, 0.4) is 0 Å². The number of hydrogen-bond donors (Lipinski definition) is 3. The van der Waals surface area contributed by atoms with Gasteiger partial charge in [0.1, 0.15) is 24.3 Å². The van der Waals surface area contributed by atoms with E-state index < -0.39 is 19.9 Å². The van der Waals surface area contributed by atoms with Crippen LogP contribution in [0.1, 0.15) is 46.5 Å². The quantitative estimate of drug-likeness (QED) is 0.384. The summed E-state index contributed by atoms with van der Waals surface area (Å²) in [5.74, 6) is -0.551. The summed E-state index contributed by atoms with van der Waals surface area (Å²) in [6.45, 7) is 5.94. The number of hydrogen-bond acceptors (Lipinski definition) is 5. The van der Waals surface area contributed by atoms with Gasteiger partial charge in [0, 0.05) is 11.1 Å². The number of allylic oxidation sites excluding steroid dienone is 1. The number of aromatic hydroxyl groups is 1. The second-order valence-corrected chi connectivity index (χ2v) is 7.70. The average Bonchev–Trinajstić information content (AvgIpc) is 2.90. The highest BCUT2D eigenvalue weighted by molar-refractivity contribution is 7.51. The molecule has 0 spiro atoms. The molecule has 0 aromatic heterocycles. The Morgan fingerprint density at radius 2 is 2.04 bits per heavy atom. The van der Waals surface area contributed by atoms with Gasteiger partial charge in [-0.15, -0.1) is 0 Å². The number of rotatable bonds is 7. The fraction of sp³-hybridized carbons (Fsp3) is 0.471. The van der Waals surface area contributed by atoms with Crippen LogP contribution in [0, 0.1) is 6.92 Å². The second-order valence-electron chi connectivity index (χ2n) is 6.11. The molecule has 0 bridgehead atoms. The van der Waals surface area contributed by atoms with Gasteiger partial charge in [-0.05, 0) is 37.8 Å². The molecule has 0 saturated carbocycles. The zero-order valence-electron chi connectivity index (χ0n) is 14.5. The molecule has 1 aliphatic rings. The highest BCUT2D eigenvalue weighted by Gasteiger charge is 2.30. The lowest BCUT2D eigenvalue weighted by molar-refractivity contribution is 0.0533. The fourth-order valence-electron chi connectivity index (χ4n) is 3.00. The summed E-state index contributed by atoms with van der Waals surface area (Å²) in [7, 11) is -4.18. The van der Waals surface area contributed by atoms with Crippen molar-refractivity contribution in [3.05, 3.63) is 39.5 Å². The molecule has 0 radical (unpaired) electrons. The van der Waals surface area contributed by atoms with Gasteiger partial charge in [-0.1, -0.05) is 18.6 Å². The molecule has 3 N–H and O–H groups in total. The molecule has 25 heavy (non-hydrogen) atoms. The van der Waals surface area contributed by atoms with Crippen molar-refractivity contribution in [2.24, 2.45) is 0 Å². The van der Waals surface area contributed by atoms with Gasteiger partial charge in [-0.25, -0.2) is 4.79 Å². The van der Waals surface area contributed by atoms with Crippen LogP contribution in [0.5, 0.6) is 5.75 Å². The monoisotopic (exact) mass is 370 g/mol. The standard InChI is InChI=1S/C17H23O7P/c1-4-12-11(3)14-8-24-17(19)15(14)16(18)13(12)6-5-10(2)7-23-9-25(20,21)22/h5,18H,4,6-9H2,1-3H3,(H2,20,21,22). The molecule has 1 aliphatic heterocycles. The number of carbonyl (C=O) groups is 1. The molecule has 0 atom stereocenters. The lowest BCUT2D eigenvalue weighted by atomic mass is 9.89. The van der Waals surface area contributed by atoms with Crippen molar-refractivity contribution < 1.29 is 33.7 Å². The van der Waals surface area contributed by atoms with E-state index in [1.165, 1.54) is 0 Å². The Labute approximate surface area is 146 Å². The zero-order chi connectivity index (χ0) is 18.8. The maximum atomic E-state index is 11.9. The Kier molecular flexibility index (Phi) is 6.06. The summed E-state index contributed by atoms with van der Waals surface area (Å²) in [5.41, 5.74) is 4.37. The smallest absolute Gasteiger partial charge is 0.350 e. The lowest BCUT2D eigenvalue weighted by Gasteiger charge is -2.16. The van der Waals surface area contributed by atoms with Gasteiger partial charge in [0.2, 0.25) is 0 Å².